The molecule has 2 rings (SSSR count). The molecule has 0 saturated carbocycles. The predicted molar refractivity (Wildman–Crippen MR) is 89.6 cm³/mol. The molecule has 0 aliphatic rings. The maximum absolute atomic E-state index is 11.9. The van der Waals surface area contributed by atoms with Gasteiger partial charge in [-0.2, -0.15) is 0 Å². The summed E-state index contributed by atoms with van der Waals surface area (Å²) in [4.78, 5) is 23.7. The van der Waals surface area contributed by atoms with Gasteiger partial charge in [0.15, 0.2) is 16.4 Å². The van der Waals surface area contributed by atoms with E-state index in [1.54, 1.807) is 12.1 Å². The summed E-state index contributed by atoms with van der Waals surface area (Å²) in [5.41, 5.74) is 1.73. The minimum Gasteiger partial charge on any atom is -0.452 e. The zero-order valence-corrected chi connectivity index (χ0v) is 14.1. The van der Waals surface area contributed by atoms with Crippen LogP contribution >= 0.6 is 0 Å². The smallest absolute Gasteiger partial charge is 0.338 e. The molecular formula is C17H17NO5S. The van der Waals surface area contributed by atoms with E-state index in [4.69, 9.17) is 4.74 Å². The Balaban J connectivity index is 1.95. The number of amides is 1. The zero-order chi connectivity index (χ0) is 17.7. The minimum atomic E-state index is -3.42. The standard InChI is InChI=1S/C17H17NO5S/c1-12-6-8-14(9-7-12)18-16(19)11-23-17(20)13-4-3-5-15(10-13)24(2,21)22/h3-10H,11H2,1-2H3,(H,18,19). The second-order valence-electron chi connectivity index (χ2n) is 5.29. The van der Waals surface area contributed by atoms with Crippen molar-refractivity contribution in [2.24, 2.45) is 0 Å². The highest BCUT2D eigenvalue weighted by Gasteiger charge is 2.14. The van der Waals surface area contributed by atoms with Crippen LogP contribution in [0.3, 0.4) is 0 Å². The highest BCUT2D eigenvalue weighted by atomic mass is 32.2. The molecule has 1 amide bonds. The molecule has 0 heterocycles. The van der Waals surface area contributed by atoms with Gasteiger partial charge >= 0.3 is 5.97 Å². The maximum Gasteiger partial charge on any atom is 0.338 e. The molecule has 126 valence electrons. The first kappa shape index (κ1) is 17.7. The molecule has 0 unspecified atom stereocenters. The third-order valence-electron chi connectivity index (χ3n) is 3.17. The van der Waals surface area contributed by atoms with Gasteiger partial charge in [-0.1, -0.05) is 23.8 Å². The molecule has 0 aliphatic carbocycles. The van der Waals surface area contributed by atoms with Crippen LogP contribution in [0.1, 0.15) is 15.9 Å². The Hall–Kier alpha value is -2.67. The summed E-state index contributed by atoms with van der Waals surface area (Å²) in [5, 5.41) is 2.60. The first-order valence-corrected chi connectivity index (χ1v) is 8.98. The van der Waals surface area contributed by atoms with Crippen molar-refractivity contribution in [3.8, 4) is 0 Å². The Kier molecular flexibility index (Phi) is 5.35. The molecule has 1 N–H and O–H groups in total. The molecule has 6 nitrogen and oxygen atoms in total. The molecular weight excluding hydrogens is 330 g/mol. The van der Waals surface area contributed by atoms with Crippen LogP contribution in [0.15, 0.2) is 53.4 Å². The fourth-order valence-corrected chi connectivity index (χ4v) is 2.57. The van der Waals surface area contributed by atoms with Crippen molar-refractivity contribution in [1.82, 2.24) is 0 Å². The van der Waals surface area contributed by atoms with E-state index in [1.165, 1.54) is 24.3 Å². The Labute approximate surface area is 140 Å². The maximum atomic E-state index is 11.9. The number of carbonyl (C=O) groups is 2. The molecule has 2 aromatic carbocycles. The number of esters is 1. The van der Waals surface area contributed by atoms with Crippen molar-refractivity contribution in [2.45, 2.75) is 11.8 Å². The molecule has 7 heteroatoms. The third-order valence-corrected chi connectivity index (χ3v) is 4.28. The molecule has 0 radical (unpaired) electrons. The van der Waals surface area contributed by atoms with E-state index in [2.05, 4.69) is 5.32 Å². The van der Waals surface area contributed by atoms with Crippen LogP contribution in [0.4, 0.5) is 5.69 Å². The highest BCUT2D eigenvalue weighted by molar-refractivity contribution is 7.90. The minimum absolute atomic E-state index is 0.0149. The van der Waals surface area contributed by atoms with Gasteiger partial charge < -0.3 is 10.1 Å². The van der Waals surface area contributed by atoms with Gasteiger partial charge in [0.05, 0.1) is 10.5 Å². The normalized spacial score (nSPS) is 10.9. The lowest BCUT2D eigenvalue weighted by Crippen LogP contribution is -2.21. The van der Waals surface area contributed by atoms with E-state index in [-0.39, 0.29) is 10.5 Å². The van der Waals surface area contributed by atoms with Crippen LogP contribution in [0.25, 0.3) is 0 Å². The van der Waals surface area contributed by atoms with E-state index in [9.17, 15) is 18.0 Å². The number of hydrogen-bond donors (Lipinski definition) is 1. The lowest BCUT2D eigenvalue weighted by molar-refractivity contribution is -0.119. The largest absolute Gasteiger partial charge is 0.452 e. The van der Waals surface area contributed by atoms with Crippen molar-refractivity contribution in [3.05, 3.63) is 59.7 Å². The van der Waals surface area contributed by atoms with Crippen LogP contribution in [0.5, 0.6) is 0 Å². The van der Waals surface area contributed by atoms with E-state index in [0.29, 0.717) is 5.69 Å². The lowest BCUT2D eigenvalue weighted by atomic mass is 10.2. The number of rotatable bonds is 5. The van der Waals surface area contributed by atoms with Crippen molar-refractivity contribution in [1.29, 1.82) is 0 Å². The summed E-state index contributed by atoms with van der Waals surface area (Å²) < 4.78 is 27.9. The first-order chi connectivity index (χ1) is 11.3. The summed E-state index contributed by atoms with van der Waals surface area (Å²) in [6, 6.07) is 12.6. The van der Waals surface area contributed by atoms with E-state index >= 15 is 0 Å². The van der Waals surface area contributed by atoms with Gasteiger partial charge in [0.25, 0.3) is 5.91 Å². The molecule has 0 aromatic heterocycles. The summed E-state index contributed by atoms with van der Waals surface area (Å²) >= 11 is 0. The number of nitrogens with one attached hydrogen (secondary N) is 1. The molecule has 0 aliphatic heterocycles. The first-order valence-electron chi connectivity index (χ1n) is 7.09. The molecule has 0 fully saturated rings. The van der Waals surface area contributed by atoms with Gasteiger partial charge in [0, 0.05) is 11.9 Å². The number of aryl methyl sites for hydroxylation is 1. The van der Waals surface area contributed by atoms with Gasteiger partial charge in [-0.3, -0.25) is 4.79 Å². The summed E-state index contributed by atoms with van der Waals surface area (Å²) in [6.07, 6.45) is 1.05. The van der Waals surface area contributed by atoms with Gasteiger partial charge in [-0.25, -0.2) is 13.2 Å². The van der Waals surface area contributed by atoms with Crippen molar-refractivity contribution in [3.63, 3.8) is 0 Å². The molecule has 0 spiro atoms. The number of anilines is 1. The fraction of sp³-hybridized carbons (Fsp3) is 0.176. The van der Waals surface area contributed by atoms with Crippen LogP contribution in [-0.2, 0) is 19.4 Å². The van der Waals surface area contributed by atoms with Gasteiger partial charge in [-0.05, 0) is 37.3 Å². The van der Waals surface area contributed by atoms with Crippen molar-refractivity contribution < 1.29 is 22.7 Å². The highest BCUT2D eigenvalue weighted by Crippen LogP contribution is 2.12. The van der Waals surface area contributed by atoms with E-state index < -0.39 is 28.3 Å². The number of ether oxygens (including phenoxy) is 1. The van der Waals surface area contributed by atoms with Gasteiger partial charge in [0.1, 0.15) is 0 Å². The topological polar surface area (TPSA) is 89.5 Å². The fourth-order valence-electron chi connectivity index (χ4n) is 1.90. The molecule has 0 bridgehead atoms. The molecule has 0 atom stereocenters. The number of carbonyl (C=O) groups excluding carboxylic acids is 2. The quantitative estimate of drug-likeness (QED) is 0.838. The van der Waals surface area contributed by atoms with Crippen LogP contribution in [0, 0.1) is 6.92 Å². The molecule has 2 aromatic rings. The zero-order valence-electron chi connectivity index (χ0n) is 13.3. The second kappa shape index (κ2) is 7.27. The lowest BCUT2D eigenvalue weighted by Gasteiger charge is -2.07. The molecule has 24 heavy (non-hydrogen) atoms. The van der Waals surface area contributed by atoms with E-state index in [0.717, 1.165) is 11.8 Å². The summed E-state index contributed by atoms with van der Waals surface area (Å²) in [7, 11) is -3.42. The number of hydrogen-bond acceptors (Lipinski definition) is 5. The monoisotopic (exact) mass is 347 g/mol. The van der Waals surface area contributed by atoms with Crippen LogP contribution in [-0.4, -0.2) is 33.2 Å². The second-order valence-corrected chi connectivity index (χ2v) is 7.31. The average molecular weight is 347 g/mol. The Morgan fingerprint density at radius 3 is 2.38 bits per heavy atom. The van der Waals surface area contributed by atoms with Crippen molar-refractivity contribution in [2.75, 3.05) is 18.2 Å². The van der Waals surface area contributed by atoms with Crippen LogP contribution < -0.4 is 5.32 Å². The predicted octanol–water partition coefficient (Wildman–Crippen LogP) is 2.19. The Morgan fingerprint density at radius 2 is 1.75 bits per heavy atom. The van der Waals surface area contributed by atoms with Crippen molar-refractivity contribution >= 4 is 27.4 Å². The van der Waals surface area contributed by atoms with Gasteiger partial charge in [-0.15, -0.1) is 0 Å². The SMILES string of the molecule is Cc1ccc(NC(=O)COC(=O)c2cccc(S(C)(=O)=O)c2)cc1. The summed E-state index contributed by atoms with van der Waals surface area (Å²) in [5.74, 6) is -1.24. The number of sulfone groups is 1. The molecule has 0 saturated heterocycles. The number of benzene rings is 2. The third kappa shape index (κ3) is 4.92. The van der Waals surface area contributed by atoms with Gasteiger partial charge in [0.2, 0.25) is 0 Å². The van der Waals surface area contributed by atoms with Crippen LogP contribution in [0.2, 0.25) is 0 Å². The average Bonchev–Trinajstić information content (AvgIpc) is 2.54. The Bertz CT molecular complexity index is 857. The summed E-state index contributed by atoms with van der Waals surface area (Å²) in [6.45, 7) is 1.47. The Morgan fingerprint density at radius 1 is 1.08 bits per heavy atom. The van der Waals surface area contributed by atoms with E-state index in [1.807, 2.05) is 19.1 Å².